The minimum atomic E-state index is -0.0516. The molecule has 134 valence electrons. The van der Waals surface area contributed by atoms with E-state index in [4.69, 9.17) is 16.6 Å². The molecule has 26 heavy (non-hydrogen) atoms. The first-order valence-corrected chi connectivity index (χ1v) is 8.95. The van der Waals surface area contributed by atoms with Crippen molar-refractivity contribution in [1.29, 1.82) is 0 Å². The predicted octanol–water partition coefficient (Wildman–Crippen LogP) is 3.57. The first kappa shape index (κ1) is 18.0. The summed E-state index contributed by atoms with van der Waals surface area (Å²) in [5, 5.41) is 6.07. The fraction of sp³-hybridized carbons (Fsp3) is 0.263. The van der Waals surface area contributed by atoms with Crippen LogP contribution in [-0.2, 0) is 11.3 Å². The summed E-state index contributed by atoms with van der Waals surface area (Å²) in [4.78, 5) is 20.2. The summed E-state index contributed by atoms with van der Waals surface area (Å²) in [5.41, 5.74) is 3.17. The topological polar surface area (TPSA) is 80.0 Å². The van der Waals surface area contributed by atoms with Crippen molar-refractivity contribution < 1.29 is 9.21 Å². The molecule has 0 radical (unpaired) electrons. The molecule has 3 rings (SSSR count). The first-order chi connectivity index (χ1) is 12.7. The standard InChI is InChI=1S/C19H20N4O2S/c1-2-3-6-16(24)22-19(26)21-12-13-7-9-14(10-8-13)18-23-17-15(25-18)5-4-11-20-17/h4-5,7-11H,2-3,6,12H2,1H3,(H2,21,22,24,26). The molecule has 2 aromatic heterocycles. The summed E-state index contributed by atoms with van der Waals surface area (Å²) >= 11 is 5.14. The zero-order valence-corrected chi connectivity index (χ0v) is 15.3. The van der Waals surface area contributed by atoms with Crippen molar-refractivity contribution >= 4 is 34.5 Å². The first-order valence-electron chi connectivity index (χ1n) is 8.54. The number of aromatic nitrogens is 2. The van der Waals surface area contributed by atoms with Gasteiger partial charge in [-0.1, -0.05) is 25.5 Å². The Balaban J connectivity index is 1.56. The molecule has 0 saturated carbocycles. The van der Waals surface area contributed by atoms with Crippen LogP contribution < -0.4 is 10.6 Å². The Hall–Kier alpha value is -2.80. The smallest absolute Gasteiger partial charge is 0.228 e. The lowest BCUT2D eigenvalue weighted by Gasteiger charge is -2.09. The van der Waals surface area contributed by atoms with Crippen molar-refractivity contribution in [3.63, 3.8) is 0 Å². The highest BCUT2D eigenvalue weighted by molar-refractivity contribution is 7.80. The summed E-state index contributed by atoms with van der Waals surface area (Å²) in [7, 11) is 0. The number of rotatable bonds is 6. The van der Waals surface area contributed by atoms with Crippen LogP contribution in [-0.4, -0.2) is 21.0 Å². The number of oxazole rings is 1. The van der Waals surface area contributed by atoms with Gasteiger partial charge in [0.2, 0.25) is 11.8 Å². The van der Waals surface area contributed by atoms with Gasteiger partial charge >= 0.3 is 0 Å². The van der Waals surface area contributed by atoms with Crippen LogP contribution in [0, 0.1) is 0 Å². The monoisotopic (exact) mass is 368 g/mol. The number of hydrogen-bond donors (Lipinski definition) is 2. The van der Waals surface area contributed by atoms with E-state index < -0.39 is 0 Å². The predicted molar refractivity (Wildman–Crippen MR) is 104 cm³/mol. The summed E-state index contributed by atoms with van der Waals surface area (Å²) in [6.07, 6.45) is 4.02. The number of pyridine rings is 1. The molecule has 0 atom stereocenters. The van der Waals surface area contributed by atoms with Gasteiger partial charge < -0.3 is 15.1 Å². The highest BCUT2D eigenvalue weighted by atomic mass is 32.1. The van der Waals surface area contributed by atoms with Gasteiger partial charge in [-0.2, -0.15) is 4.98 Å². The van der Waals surface area contributed by atoms with Gasteiger partial charge in [-0.15, -0.1) is 0 Å². The quantitative estimate of drug-likeness (QED) is 0.648. The van der Waals surface area contributed by atoms with Gasteiger partial charge in [0.1, 0.15) is 0 Å². The van der Waals surface area contributed by atoms with Crippen molar-refractivity contribution in [1.82, 2.24) is 20.6 Å². The zero-order valence-electron chi connectivity index (χ0n) is 14.5. The molecule has 2 N–H and O–H groups in total. The van der Waals surface area contributed by atoms with E-state index in [1.54, 1.807) is 6.20 Å². The van der Waals surface area contributed by atoms with Crippen LogP contribution in [0.15, 0.2) is 47.0 Å². The van der Waals surface area contributed by atoms with Crippen LogP contribution in [0.5, 0.6) is 0 Å². The molecule has 0 bridgehead atoms. The van der Waals surface area contributed by atoms with Crippen LogP contribution >= 0.6 is 12.2 Å². The van der Waals surface area contributed by atoms with Gasteiger partial charge in [-0.3, -0.25) is 4.79 Å². The number of hydrogen-bond acceptors (Lipinski definition) is 5. The molecule has 0 saturated heterocycles. The Labute approximate surface area is 157 Å². The van der Waals surface area contributed by atoms with Crippen molar-refractivity contribution in [2.45, 2.75) is 32.7 Å². The number of nitrogens with zero attached hydrogens (tertiary/aromatic N) is 2. The van der Waals surface area contributed by atoms with Crippen LogP contribution in [0.2, 0.25) is 0 Å². The number of fused-ring (bicyclic) bond motifs is 1. The Morgan fingerprint density at radius 1 is 1.23 bits per heavy atom. The Kier molecular flexibility index (Phi) is 5.91. The molecule has 1 aromatic carbocycles. The Bertz CT molecular complexity index is 872. The molecule has 0 aliphatic rings. The molecule has 6 nitrogen and oxygen atoms in total. The third-order valence-corrected chi connectivity index (χ3v) is 4.08. The molecule has 0 aliphatic carbocycles. The Morgan fingerprint density at radius 3 is 2.77 bits per heavy atom. The minimum Gasteiger partial charge on any atom is -0.434 e. The number of amides is 1. The van der Waals surface area contributed by atoms with Gasteiger partial charge in [-0.25, -0.2) is 4.98 Å². The lowest BCUT2D eigenvalue weighted by Crippen LogP contribution is -2.38. The molecule has 3 aromatic rings. The molecule has 1 amide bonds. The number of benzene rings is 1. The number of carbonyl (C=O) groups excluding carboxylic acids is 1. The molecule has 7 heteroatoms. The van der Waals surface area contributed by atoms with E-state index in [-0.39, 0.29) is 5.91 Å². The van der Waals surface area contributed by atoms with E-state index in [0.29, 0.717) is 35.2 Å². The van der Waals surface area contributed by atoms with Crippen LogP contribution in [0.25, 0.3) is 22.7 Å². The van der Waals surface area contributed by atoms with E-state index in [1.165, 1.54) is 0 Å². The number of thiocarbonyl (C=S) groups is 1. The molecular formula is C19H20N4O2S. The largest absolute Gasteiger partial charge is 0.434 e. The Morgan fingerprint density at radius 2 is 2.04 bits per heavy atom. The third kappa shape index (κ3) is 4.64. The van der Waals surface area contributed by atoms with E-state index in [9.17, 15) is 4.79 Å². The minimum absolute atomic E-state index is 0.0516. The van der Waals surface area contributed by atoms with E-state index in [0.717, 1.165) is 24.0 Å². The molecule has 0 spiro atoms. The van der Waals surface area contributed by atoms with Crippen molar-refractivity contribution in [2.24, 2.45) is 0 Å². The highest BCUT2D eigenvalue weighted by Crippen LogP contribution is 2.23. The van der Waals surface area contributed by atoms with Crippen molar-refractivity contribution in [2.75, 3.05) is 0 Å². The summed E-state index contributed by atoms with van der Waals surface area (Å²) in [6, 6.07) is 11.5. The second-order valence-electron chi connectivity index (χ2n) is 5.88. The number of unbranched alkanes of at least 4 members (excludes halogenated alkanes) is 1. The maximum Gasteiger partial charge on any atom is 0.228 e. The van der Waals surface area contributed by atoms with E-state index in [1.807, 2.05) is 43.3 Å². The SMILES string of the molecule is CCCCC(=O)NC(=S)NCc1ccc(-c2nc3ncccc3o2)cc1. The summed E-state index contributed by atoms with van der Waals surface area (Å²) < 4.78 is 5.71. The van der Waals surface area contributed by atoms with Crippen LogP contribution in [0.3, 0.4) is 0 Å². The lowest BCUT2D eigenvalue weighted by molar-refractivity contribution is -0.119. The van der Waals surface area contributed by atoms with E-state index in [2.05, 4.69) is 20.6 Å². The van der Waals surface area contributed by atoms with Crippen molar-refractivity contribution in [3.05, 3.63) is 48.2 Å². The van der Waals surface area contributed by atoms with Crippen LogP contribution in [0.1, 0.15) is 31.7 Å². The fourth-order valence-corrected chi connectivity index (χ4v) is 2.60. The maximum absolute atomic E-state index is 11.6. The molecule has 0 unspecified atom stereocenters. The summed E-state index contributed by atoms with van der Waals surface area (Å²) in [6.45, 7) is 2.58. The normalized spacial score (nSPS) is 10.7. The third-order valence-electron chi connectivity index (χ3n) is 3.83. The maximum atomic E-state index is 11.6. The van der Waals surface area contributed by atoms with Gasteiger partial charge in [0.05, 0.1) is 0 Å². The van der Waals surface area contributed by atoms with Gasteiger partial charge in [-0.05, 0) is 48.5 Å². The molecule has 0 fully saturated rings. The van der Waals surface area contributed by atoms with E-state index >= 15 is 0 Å². The second-order valence-corrected chi connectivity index (χ2v) is 6.28. The van der Waals surface area contributed by atoms with Gasteiger partial charge in [0.15, 0.2) is 16.3 Å². The van der Waals surface area contributed by atoms with Crippen molar-refractivity contribution in [3.8, 4) is 11.5 Å². The molecular weight excluding hydrogens is 348 g/mol. The average molecular weight is 368 g/mol. The second kappa shape index (κ2) is 8.53. The van der Waals surface area contributed by atoms with Gasteiger partial charge in [0, 0.05) is 24.7 Å². The molecule has 2 heterocycles. The molecule has 0 aliphatic heterocycles. The number of nitrogens with one attached hydrogen (secondary N) is 2. The average Bonchev–Trinajstić information content (AvgIpc) is 3.09. The zero-order chi connectivity index (χ0) is 18.4. The highest BCUT2D eigenvalue weighted by Gasteiger charge is 2.09. The summed E-state index contributed by atoms with van der Waals surface area (Å²) in [5.74, 6) is 0.487. The fourth-order valence-electron chi connectivity index (χ4n) is 2.41. The number of carbonyl (C=O) groups is 1. The lowest BCUT2D eigenvalue weighted by atomic mass is 10.1. The van der Waals surface area contributed by atoms with Crippen LogP contribution in [0.4, 0.5) is 0 Å². The van der Waals surface area contributed by atoms with Gasteiger partial charge in [0.25, 0.3) is 0 Å².